The highest BCUT2D eigenvalue weighted by Gasteiger charge is 2.12. The Labute approximate surface area is 81.5 Å². The van der Waals surface area contributed by atoms with Crippen molar-refractivity contribution in [2.45, 2.75) is 18.7 Å². The van der Waals surface area contributed by atoms with Crippen LogP contribution in [-0.4, -0.2) is 6.29 Å². The van der Waals surface area contributed by atoms with Crippen molar-refractivity contribution in [3.8, 4) is 0 Å². The summed E-state index contributed by atoms with van der Waals surface area (Å²) in [7, 11) is 0. The van der Waals surface area contributed by atoms with Crippen LogP contribution in [0.25, 0.3) is 0 Å². The van der Waals surface area contributed by atoms with Crippen molar-refractivity contribution in [3.05, 3.63) is 35.1 Å². The lowest BCUT2D eigenvalue weighted by atomic mass is 9.97. The number of aldehydes is 1. The minimum Gasteiger partial charge on any atom is -0.303 e. The molecule has 0 aromatic heterocycles. The maximum atomic E-state index is 13.1. The fraction of sp³-hybridized carbons (Fsp3) is 0.300. The molecule has 1 atom stereocenters. The first-order valence-electron chi connectivity index (χ1n) is 3.99. The largest absolute Gasteiger partial charge is 0.303 e. The maximum Gasteiger partial charge on any atom is 0.127 e. The lowest BCUT2D eigenvalue weighted by Crippen LogP contribution is -2.01. The molecule has 0 heterocycles. The molecule has 70 valence electrons. The third-order valence-corrected chi connectivity index (χ3v) is 2.25. The van der Waals surface area contributed by atoms with Gasteiger partial charge in [0.25, 0.3) is 0 Å². The molecule has 0 saturated heterocycles. The van der Waals surface area contributed by atoms with Crippen LogP contribution in [0.3, 0.4) is 0 Å². The molecule has 1 nitrogen and oxygen atoms in total. The Hall–Kier alpha value is -0.890. The van der Waals surface area contributed by atoms with Crippen LogP contribution in [0.5, 0.6) is 0 Å². The van der Waals surface area contributed by atoms with E-state index in [2.05, 4.69) is 0 Å². The van der Waals surface area contributed by atoms with Crippen molar-refractivity contribution in [3.63, 3.8) is 0 Å². The number of carbonyl (C=O) groups excluding carboxylic acids is 1. The van der Waals surface area contributed by atoms with Crippen molar-refractivity contribution >= 4 is 17.9 Å². The molecular formula is C10H10ClFO. The molecule has 0 radical (unpaired) electrons. The van der Waals surface area contributed by atoms with Crippen LogP contribution < -0.4 is 0 Å². The zero-order chi connectivity index (χ0) is 9.84. The number of benzene rings is 1. The number of hydrogen-bond donors (Lipinski definition) is 0. The molecular weight excluding hydrogens is 191 g/mol. The monoisotopic (exact) mass is 200 g/mol. The van der Waals surface area contributed by atoms with Gasteiger partial charge in [0.2, 0.25) is 0 Å². The van der Waals surface area contributed by atoms with Gasteiger partial charge in [-0.15, -0.1) is 11.6 Å². The average Bonchev–Trinajstić information content (AvgIpc) is 2.16. The predicted octanol–water partition coefficient (Wildman–Crippen LogP) is 2.87. The van der Waals surface area contributed by atoms with Crippen molar-refractivity contribution in [1.82, 2.24) is 0 Å². The molecule has 3 heteroatoms. The van der Waals surface area contributed by atoms with E-state index in [1.54, 1.807) is 19.1 Å². The van der Waals surface area contributed by atoms with Gasteiger partial charge in [-0.3, -0.25) is 0 Å². The second kappa shape index (κ2) is 4.38. The molecule has 1 rings (SSSR count). The Morgan fingerprint density at radius 2 is 2.31 bits per heavy atom. The molecule has 0 amide bonds. The van der Waals surface area contributed by atoms with Gasteiger partial charge in [-0.05, 0) is 11.6 Å². The first-order chi connectivity index (χ1) is 6.20. The van der Waals surface area contributed by atoms with E-state index in [9.17, 15) is 9.18 Å². The molecule has 13 heavy (non-hydrogen) atoms. The minimum absolute atomic E-state index is 0.0974. The third kappa shape index (κ3) is 2.07. The normalized spacial score (nSPS) is 12.5. The smallest absolute Gasteiger partial charge is 0.127 e. The quantitative estimate of drug-likeness (QED) is 0.542. The molecule has 0 spiro atoms. The van der Waals surface area contributed by atoms with Gasteiger partial charge in [-0.1, -0.05) is 19.1 Å². The number of alkyl halides is 1. The van der Waals surface area contributed by atoms with E-state index in [1.807, 2.05) is 0 Å². The standard InChI is InChI=1S/C10H10ClFO/c1-7(6-13)8-3-2-4-10(12)9(8)5-11/h2-4,6-7H,5H2,1H3. The Bertz CT molecular complexity index is 312. The van der Waals surface area contributed by atoms with Crippen LogP contribution >= 0.6 is 11.6 Å². The van der Waals surface area contributed by atoms with E-state index in [0.717, 1.165) is 6.29 Å². The van der Waals surface area contributed by atoms with Gasteiger partial charge >= 0.3 is 0 Å². The lowest BCUT2D eigenvalue weighted by molar-refractivity contribution is -0.108. The lowest BCUT2D eigenvalue weighted by Gasteiger charge is -2.09. The van der Waals surface area contributed by atoms with Crippen LogP contribution in [0.15, 0.2) is 18.2 Å². The molecule has 0 fully saturated rings. The summed E-state index contributed by atoms with van der Waals surface area (Å²) in [5.74, 6) is -0.550. The van der Waals surface area contributed by atoms with Crippen LogP contribution in [0.4, 0.5) is 4.39 Å². The van der Waals surface area contributed by atoms with E-state index in [0.29, 0.717) is 11.1 Å². The van der Waals surface area contributed by atoms with Crippen LogP contribution in [-0.2, 0) is 10.7 Å². The Balaban J connectivity index is 3.19. The highest BCUT2D eigenvalue weighted by Crippen LogP contribution is 2.22. The maximum absolute atomic E-state index is 13.1. The SMILES string of the molecule is CC(C=O)c1cccc(F)c1CCl. The van der Waals surface area contributed by atoms with E-state index in [1.165, 1.54) is 6.07 Å². The number of rotatable bonds is 3. The van der Waals surface area contributed by atoms with Gasteiger partial charge < -0.3 is 4.79 Å². The number of hydrogen-bond acceptors (Lipinski definition) is 1. The average molecular weight is 201 g/mol. The second-order valence-corrected chi connectivity index (χ2v) is 3.13. The molecule has 1 unspecified atom stereocenters. The van der Waals surface area contributed by atoms with Gasteiger partial charge in [-0.25, -0.2) is 4.39 Å². The van der Waals surface area contributed by atoms with Crippen molar-refractivity contribution < 1.29 is 9.18 Å². The first kappa shape index (κ1) is 10.2. The van der Waals surface area contributed by atoms with E-state index < -0.39 is 0 Å². The molecule has 0 aliphatic rings. The summed E-state index contributed by atoms with van der Waals surface area (Å²) in [6.07, 6.45) is 0.783. The van der Waals surface area contributed by atoms with E-state index in [-0.39, 0.29) is 17.6 Å². The summed E-state index contributed by atoms with van der Waals surface area (Å²) < 4.78 is 13.1. The Morgan fingerprint density at radius 1 is 1.62 bits per heavy atom. The van der Waals surface area contributed by atoms with Gasteiger partial charge in [0.1, 0.15) is 12.1 Å². The molecule has 0 saturated carbocycles. The van der Waals surface area contributed by atoms with Crippen molar-refractivity contribution in [2.75, 3.05) is 0 Å². The van der Waals surface area contributed by atoms with Crippen LogP contribution in [0.2, 0.25) is 0 Å². The van der Waals surface area contributed by atoms with Crippen LogP contribution in [0, 0.1) is 5.82 Å². The van der Waals surface area contributed by atoms with Gasteiger partial charge in [0.05, 0.1) is 5.88 Å². The third-order valence-electron chi connectivity index (χ3n) is 1.98. The van der Waals surface area contributed by atoms with E-state index in [4.69, 9.17) is 11.6 Å². The molecule has 0 bridgehead atoms. The number of halogens is 2. The van der Waals surface area contributed by atoms with E-state index >= 15 is 0 Å². The van der Waals surface area contributed by atoms with Crippen molar-refractivity contribution in [1.29, 1.82) is 0 Å². The van der Waals surface area contributed by atoms with Gasteiger partial charge in [-0.2, -0.15) is 0 Å². The molecule has 0 aliphatic carbocycles. The summed E-state index contributed by atoms with van der Waals surface area (Å²) in [5.41, 5.74) is 1.09. The Morgan fingerprint density at radius 3 is 2.85 bits per heavy atom. The second-order valence-electron chi connectivity index (χ2n) is 2.87. The summed E-state index contributed by atoms with van der Waals surface area (Å²) in [6, 6.07) is 4.65. The molecule has 1 aromatic carbocycles. The minimum atomic E-state index is -0.346. The fourth-order valence-electron chi connectivity index (χ4n) is 1.22. The topological polar surface area (TPSA) is 17.1 Å². The van der Waals surface area contributed by atoms with Gasteiger partial charge in [0, 0.05) is 11.5 Å². The number of carbonyl (C=O) groups is 1. The molecule has 1 aromatic rings. The fourth-order valence-corrected chi connectivity index (χ4v) is 1.50. The summed E-state index contributed by atoms with van der Waals surface area (Å²) >= 11 is 5.58. The highest BCUT2D eigenvalue weighted by molar-refractivity contribution is 6.17. The zero-order valence-electron chi connectivity index (χ0n) is 7.26. The molecule has 0 aliphatic heterocycles. The first-order valence-corrected chi connectivity index (χ1v) is 4.52. The van der Waals surface area contributed by atoms with Crippen LogP contribution in [0.1, 0.15) is 24.0 Å². The highest BCUT2D eigenvalue weighted by atomic mass is 35.5. The van der Waals surface area contributed by atoms with Crippen molar-refractivity contribution in [2.24, 2.45) is 0 Å². The summed E-state index contributed by atoms with van der Waals surface area (Å²) in [4.78, 5) is 10.5. The summed E-state index contributed by atoms with van der Waals surface area (Å²) in [5, 5.41) is 0. The van der Waals surface area contributed by atoms with Gasteiger partial charge in [0.15, 0.2) is 0 Å². The Kier molecular flexibility index (Phi) is 3.43. The summed E-state index contributed by atoms with van der Waals surface area (Å²) in [6.45, 7) is 1.72. The predicted molar refractivity (Wildman–Crippen MR) is 50.4 cm³/mol. The molecule has 0 N–H and O–H groups in total. The zero-order valence-corrected chi connectivity index (χ0v) is 8.01.